The third-order valence-electron chi connectivity index (χ3n) is 4.38. The Bertz CT molecular complexity index is 400. The SMILES string of the molecule is COCCC(C)(C)CNC1CCN(c2ccncc2)CC1. The van der Waals surface area contributed by atoms with Crippen LogP contribution in [0.2, 0.25) is 0 Å². The topological polar surface area (TPSA) is 37.4 Å². The van der Waals surface area contributed by atoms with Gasteiger partial charge in [-0.2, -0.15) is 0 Å². The van der Waals surface area contributed by atoms with Crippen molar-refractivity contribution in [1.82, 2.24) is 10.3 Å². The van der Waals surface area contributed by atoms with Gasteiger partial charge in [0.25, 0.3) is 0 Å². The van der Waals surface area contributed by atoms with Gasteiger partial charge in [-0.1, -0.05) is 13.8 Å². The van der Waals surface area contributed by atoms with Crippen LogP contribution in [0.3, 0.4) is 0 Å². The lowest BCUT2D eigenvalue weighted by atomic mass is 9.89. The van der Waals surface area contributed by atoms with Gasteiger partial charge in [0.15, 0.2) is 0 Å². The Morgan fingerprint density at radius 3 is 2.57 bits per heavy atom. The molecule has 0 aliphatic carbocycles. The van der Waals surface area contributed by atoms with E-state index < -0.39 is 0 Å². The van der Waals surface area contributed by atoms with Crippen molar-refractivity contribution in [2.45, 2.75) is 39.2 Å². The molecule has 1 saturated heterocycles. The van der Waals surface area contributed by atoms with Crippen LogP contribution in [0.25, 0.3) is 0 Å². The molecule has 1 aromatic heterocycles. The quantitative estimate of drug-likeness (QED) is 0.838. The molecule has 21 heavy (non-hydrogen) atoms. The van der Waals surface area contributed by atoms with Crippen LogP contribution in [0.5, 0.6) is 0 Å². The Hall–Kier alpha value is -1.13. The predicted molar refractivity (Wildman–Crippen MR) is 87.7 cm³/mol. The number of methoxy groups -OCH3 is 1. The average molecular weight is 291 g/mol. The summed E-state index contributed by atoms with van der Waals surface area (Å²) >= 11 is 0. The zero-order chi connectivity index (χ0) is 15.1. The van der Waals surface area contributed by atoms with Gasteiger partial charge in [0.1, 0.15) is 0 Å². The molecule has 4 nitrogen and oxygen atoms in total. The third kappa shape index (κ3) is 5.29. The fourth-order valence-corrected chi connectivity index (χ4v) is 2.78. The molecule has 4 heteroatoms. The first-order chi connectivity index (χ1) is 10.1. The average Bonchev–Trinajstić information content (AvgIpc) is 2.53. The molecule has 0 bridgehead atoms. The molecule has 0 atom stereocenters. The summed E-state index contributed by atoms with van der Waals surface area (Å²) in [5, 5.41) is 3.75. The Morgan fingerprint density at radius 1 is 1.29 bits per heavy atom. The van der Waals surface area contributed by atoms with E-state index in [2.05, 4.69) is 41.2 Å². The number of nitrogens with zero attached hydrogens (tertiary/aromatic N) is 2. The molecule has 1 fully saturated rings. The standard InChI is InChI=1S/C17H29N3O/c1-17(2,8-13-21-3)14-19-15-6-11-20(12-7-15)16-4-9-18-10-5-16/h4-5,9-10,15,19H,6-8,11-14H2,1-3H3. The second kappa shape index (κ2) is 7.76. The van der Waals surface area contributed by atoms with E-state index in [-0.39, 0.29) is 0 Å². The van der Waals surface area contributed by atoms with E-state index in [1.807, 2.05) is 12.4 Å². The number of piperidine rings is 1. The van der Waals surface area contributed by atoms with Crippen LogP contribution >= 0.6 is 0 Å². The normalized spacial score (nSPS) is 17.2. The molecule has 0 saturated carbocycles. The third-order valence-corrected chi connectivity index (χ3v) is 4.38. The summed E-state index contributed by atoms with van der Waals surface area (Å²) in [6.07, 6.45) is 7.27. The molecule has 118 valence electrons. The van der Waals surface area contributed by atoms with E-state index in [1.54, 1.807) is 7.11 Å². The summed E-state index contributed by atoms with van der Waals surface area (Å²) in [6.45, 7) is 8.78. The van der Waals surface area contributed by atoms with Crippen LogP contribution in [-0.2, 0) is 4.74 Å². The van der Waals surface area contributed by atoms with Gasteiger partial charge in [0, 0.05) is 57.5 Å². The van der Waals surface area contributed by atoms with Crippen molar-refractivity contribution in [1.29, 1.82) is 0 Å². The van der Waals surface area contributed by atoms with Gasteiger partial charge in [-0.05, 0) is 36.8 Å². The first-order valence-corrected chi connectivity index (χ1v) is 7.98. The first kappa shape index (κ1) is 16.2. The first-order valence-electron chi connectivity index (χ1n) is 7.98. The lowest BCUT2D eigenvalue weighted by Gasteiger charge is -2.36. The van der Waals surface area contributed by atoms with Crippen molar-refractivity contribution >= 4 is 5.69 Å². The number of nitrogens with one attached hydrogen (secondary N) is 1. The van der Waals surface area contributed by atoms with Crippen LogP contribution < -0.4 is 10.2 Å². The lowest BCUT2D eigenvalue weighted by molar-refractivity contribution is 0.148. The van der Waals surface area contributed by atoms with E-state index in [9.17, 15) is 0 Å². The van der Waals surface area contributed by atoms with E-state index >= 15 is 0 Å². The van der Waals surface area contributed by atoms with Crippen molar-refractivity contribution in [3.8, 4) is 0 Å². The summed E-state index contributed by atoms with van der Waals surface area (Å²) in [7, 11) is 1.78. The molecule has 0 radical (unpaired) electrons. The minimum absolute atomic E-state index is 0.304. The van der Waals surface area contributed by atoms with E-state index in [0.717, 1.165) is 32.7 Å². The van der Waals surface area contributed by atoms with E-state index in [4.69, 9.17) is 4.74 Å². The van der Waals surface area contributed by atoms with Gasteiger partial charge in [0.2, 0.25) is 0 Å². The zero-order valence-electron chi connectivity index (χ0n) is 13.6. The Morgan fingerprint density at radius 2 is 1.95 bits per heavy atom. The molecule has 0 amide bonds. The van der Waals surface area contributed by atoms with Crippen LogP contribution in [-0.4, -0.2) is 44.4 Å². The number of anilines is 1. The van der Waals surface area contributed by atoms with Gasteiger partial charge in [-0.25, -0.2) is 0 Å². The zero-order valence-corrected chi connectivity index (χ0v) is 13.6. The van der Waals surface area contributed by atoms with Gasteiger partial charge in [-0.15, -0.1) is 0 Å². The Labute approximate surface area is 128 Å². The fourth-order valence-electron chi connectivity index (χ4n) is 2.78. The summed E-state index contributed by atoms with van der Waals surface area (Å²) in [6, 6.07) is 4.84. The maximum absolute atomic E-state index is 5.19. The maximum Gasteiger partial charge on any atom is 0.0467 e. The molecular weight excluding hydrogens is 262 g/mol. The molecule has 1 aromatic rings. The highest BCUT2D eigenvalue weighted by Crippen LogP contribution is 2.22. The summed E-state index contributed by atoms with van der Waals surface area (Å²) in [4.78, 5) is 6.54. The number of hydrogen-bond donors (Lipinski definition) is 1. The number of hydrogen-bond acceptors (Lipinski definition) is 4. The fraction of sp³-hybridized carbons (Fsp3) is 0.706. The number of aromatic nitrogens is 1. The smallest absolute Gasteiger partial charge is 0.0467 e. The molecule has 1 aliphatic heterocycles. The van der Waals surface area contributed by atoms with Crippen molar-refractivity contribution in [3.05, 3.63) is 24.5 Å². The van der Waals surface area contributed by atoms with Gasteiger partial charge >= 0.3 is 0 Å². The molecule has 1 N–H and O–H groups in total. The highest BCUT2D eigenvalue weighted by atomic mass is 16.5. The molecular formula is C17H29N3O. The highest BCUT2D eigenvalue weighted by molar-refractivity contribution is 5.44. The minimum Gasteiger partial charge on any atom is -0.385 e. The van der Waals surface area contributed by atoms with Crippen LogP contribution in [0.4, 0.5) is 5.69 Å². The van der Waals surface area contributed by atoms with Crippen molar-refractivity contribution in [2.24, 2.45) is 5.41 Å². The molecule has 2 heterocycles. The van der Waals surface area contributed by atoms with Crippen LogP contribution in [0.15, 0.2) is 24.5 Å². The van der Waals surface area contributed by atoms with Gasteiger partial charge in [0.05, 0.1) is 0 Å². The molecule has 1 aliphatic rings. The predicted octanol–water partition coefficient (Wildman–Crippen LogP) is 2.70. The van der Waals surface area contributed by atoms with Crippen molar-refractivity contribution in [2.75, 3.05) is 38.3 Å². The second-order valence-electron chi connectivity index (χ2n) is 6.75. The Kier molecular flexibility index (Phi) is 6.00. The van der Waals surface area contributed by atoms with Gasteiger partial charge in [-0.3, -0.25) is 4.98 Å². The molecule has 2 rings (SSSR count). The largest absolute Gasteiger partial charge is 0.385 e. The molecule has 0 aromatic carbocycles. The number of pyridine rings is 1. The Balaban J connectivity index is 1.72. The summed E-state index contributed by atoms with van der Waals surface area (Å²) in [5.74, 6) is 0. The van der Waals surface area contributed by atoms with Gasteiger partial charge < -0.3 is 15.0 Å². The van der Waals surface area contributed by atoms with E-state index in [0.29, 0.717) is 11.5 Å². The minimum atomic E-state index is 0.304. The lowest BCUT2D eigenvalue weighted by Crippen LogP contribution is -2.45. The second-order valence-corrected chi connectivity index (χ2v) is 6.75. The van der Waals surface area contributed by atoms with Crippen LogP contribution in [0.1, 0.15) is 33.1 Å². The van der Waals surface area contributed by atoms with E-state index in [1.165, 1.54) is 18.5 Å². The summed E-state index contributed by atoms with van der Waals surface area (Å²) in [5.41, 5.74) is 1.60. The van der Waals surface area contributed by atoms with Crippen molar-refractivity contribution < 1.29 is 4.74 Å². The maximum atomic E-state index is 5.19. The highest BCUT2D eigenvalue weighted by Gasteiger charge is 2.23. The van der Waals surface area contributed by atoms with Crippen molar-refractivity contribution in [3.63, 3.8) is 0 Å². The number of ether oxygens (including phenoxy) is 1. The summed E-state index contributed by atoms with van der Waals surface area (Å²) < 4.78 is 5.19. The molecule has 0 unspecified atom stereocenters. The number of rotatable bonds is 7. The monoisotopic (exact) mass is 291 g/mol. The van der Waals surface area contributed by atoms with Crippen LogP contribution in [0, 0.1) is 5.41 Å². The molecule has 0 spiro atoms.